The Bertz CT molecular complexity index is 123. The number of hydrogen-bond donors (Lipinski definition) is 2. The molecule has 0 atom stereocenters. The number of carbonyl (C=O) groups excluding carboxylic acids is 2. The fourth-order valence-electron chi connectivity index (χ4n) is 0.143. The van der Waals surface area contributed by atoms with Crippen LogP contribution in [0.4, 0.5) is 0 Å². The van der Waals surface area contributed by atoms with Crippen LogP contribution in [0.5, 0.6) is 0 Å². The molecule has 44 valence electrons. The third kappa shape index (κ3) is 5.78. The third-order valence-electron chi connectivity index (χ3n) is 0.368. The number of hydrogen-bond acceptors (Lipinski definition) is 2. The van der Waals surface area contributed by atoms with Crippen LogP contribution in [-0.4, -0.2) is 10.2 Å². The van der Waals surface area contributed by atoms with Gasteiger partial charge in [0.1, 0.15) is 0 Å². The Hall–Kier alpha value is -0.220. The van der Waals surface area contributed by atoms with Crippen molar-refractivity contribution in [3.05, 3.63) is 12.2 Å². The zero-order chi connectivity index (χ0) is 6.57. The maximum absolute atomic E-state index is 9.94. The summed E-state index contributed by atoms with van der Waals surface area (Å²) in [5, 5.41) is -0.903. The molecule has 0 fully saturated rings. The largest absolute Gasteiger partial charge is 0.283 e. The highest BCUT2D eigenvalue weighted by atomic mass is 32.1. The van der Waals surface area contributed by atoms with Gasteiger partial charge in [0.15, 0.2) is 0 Å². The summed E-state index contributed by atoms with van der Waals surface area (Å²) in [6, 6.07) is 0. The molecule has 0 bridgehead atoms. The summed E-state index contributed by atoms with van der Waals surface area (Å²) < 4.78 is 0. The van der Waals surface area contributed by atoms with E-state index >= 15 is 0 Å². The summed E-state index contributed by atoms with van der Waals surface area (Å²) >= 11 is 6.72. The predicted molar refractivity (Wildman–Crippen MR) is 37.1 cm³/mol. The van der Waals surface area contributed by atoms with Gasteiger partial charge in [-0.3, -0.25) is 9.59 Å². The van der Waals surface area contributed by atoms with Crippen LogP contribution in [0.1, 0.15) is 0 Å². The highest BCUT2D eigenvalue weighted by molar-refractivity contribution is 7.97. The molecule has 4 heteroatoms. The molecule has 0 unspecified atom stereocenters. The molecule has 0 aliphatic rings. The molecule has 0 spiro atoms. The normalized spacial score (nSPS) is 9.75. The fourth-order valence-corrected chi connectivity index (χ4v) is 0.292. The van der Waals surface area contributed by atoms with Crippen LogP contribution in [0.15, 0.2) is 12.2 Å². The second-order valence-electron chi connectivity index (χ2n) is 1.01. The standard InChI is InChI=1S/C4H4O2S2/c5-3(7)1-2-4(6)8/h1-2H,(H,5,7)(H,6,8)/b2-1-. The zero-order valence-electron chi connectivity index (χ0n) is 3.87. The van der Waals surface area contributed by atoms with E-state index in [-0.39, 0.29) is 0 Å². The van der Waals surface area contributed by atoms with Gasteiger partial charge >= 0.3 is 0 Å². The molecule has 0 aliphatic heterocycles. The van der Waals surface area contributed by atoms with Gasteiger partial charge in [0.05, 0.1) is 0 Å². The first-order valence-electron chi connectivity index (χ1n) is 1.77. The van der Waals surface area contributed by atoms with E-state index in [1.54, 1.807) is 0 Å². The molecule has 0 rings (SSSR count). The summed E-state index contributed by atoms with van der Waals surface area (Å²) in [6.07, 6.45) is 2.08. The van der Waals surface area contributed by atoms with Crippen LogP contribution in [0.2, 0.25) is 0 Å². The Labute approximate surface area is 57.8 Å². The van der Waals surface area contributed by atoms with Gasteiger partial charge in [-0.2, -0.15) is 0 Å². The molecule has 0 N–H and O–H groups in total. The van der Waals surface area contributed by atoms with Gasteiger partial charge < -0.3 is 0 Å². The van der Waals surface area contributed by atoms with E-state index in [2.05, 4.69) is 25.3 Å². The van der Waals surface area contributed by atoms with Crippen LogP contribution < -0.4 is 0 Å². The van der Waals surface area contributed by atoms with E-state index in [0.717, 1.165) is 12.2 Å². The van der Waals surface area contributed by atoms with Gasteiger partial charge in [-0.1, -0.05) is 0 Å². The average molecular weight is 148 g/mol. The Kier molecular flexibility index (Phi) is 3.64. The molecular weight excluding hydrogens is 144 g/mol. The average Bonchev–Trinajstić information content (AvgIpc) is 1.61. The van der Waals surface area contributed by atoms with Crippen molar-refractivity contribution in [1.82, 2.24) is 0 Å². The number of rotatable bonds is 2. The number of thiol groups is 2. The van der Waals surface area contributed by atoms with Crippen LogP contribution in [0, 0.1) is 0 Å². The van der Waals surface area contributed by atoms with Crippen LogP contribution >= 0.6 is 25.3 Å². The second kappa shape index (κ2) is 3.74. The Morgan fingerprint density at radius 3 is 1.38 bits per heavy atom. The van der Waals surface area contributed by atoms with Crippen LogP contribution in [0.3, 0.4) is 0 Å². The van der Waals surface area contributed by atoms with E-state index in [1.165, 1.54) is 0 Å². The molecule has 0 radical (unpaired) electrons. The summed E-state index contributed by atoms with van der Waals surface area (Å²) in [6.45, 7) is 0. The zero-order valence-corrected chi connectivity index (χ0v) is 5.65. The van der Waals surface area contributed by atoms with E-state index < -0.39 is 10.2 Å². The Balaban J connectivity index is 3.67. The lowest BCUT2D eigenvalue weighted by Crippen LogP contribution is -1.79. The van der Waals surface area contributed by atoms with Crippen LogP contribution in [-0.2, 0) is 9.59 Å². The van der Waals surface area contributed by atoms with Crippen molar-refractivity contribution in [1.29, 1.82) is 0 Å². The lowest BCUT2D eigenvalue weighted by Gasteiger charge is -1.73. The molecule has 0 amide bonds. The van der Waals surface area contributed by atoms with Gasteiger partial charge in [-0.05, 0) is 12.2 Å². The minimum absolute atomic E-state index is 0.451. The maximum atomic E-state index is 9.94. The second-order valence-corrected chi connectivity index (χ2v) is 1.89. The molecule has 0 aromatic carbocycles. The van der Waals surface area contributed by atoms with Gasteiger partial charge in [0.25, 0.3) is 0 Å². The lowest BCUT2D eigenvalue weighted by molar-refractivity contribution is -0.108. The van der Waals surface area contributed by atoms with Crippen molar-refractivity contribution in [3.8, 4) is 0 Å². The molecule has 0 aromatic heterocycles. The molecular formula is C4H4O2S2. The van der Waals surface area contributed by atoms with Gasteiger partial charge in [0.2, 0.25) is 10.2 Å². The van der Waals surface area contributed by atoms with Gasteiger partial charge in [-0.25, -0.2) is 0 Å². The minimum Gasteiger partial charge on any atom is -0.283 e. The van der Waals surface area contributed by atoms with Gasteiger partial charge in [-0.15, -0.1) is 25.3 Å². The fraction of sp³-hybridized carbons (Fsp3) is 0. The van der Waals surface area contributed by atoms with E-state index in [0.29, 0.717) is 0 Å². The summed E-state index contributed by atoms with van der Waals surface area (Å²) in [7, 11) is 0. The predicted octanol–water partition coefficient (Wildman–Crippen LogP) is 0.455. The molecule has 0 aliphatic carbocycles. The molecule has 0 aromatic rings. The maximum Gasteiger partial charge on any atom is 0.209 e. The van der Waals surface area contributed by atoms with E-state index in [4.69, 9.17) is 0 Å². The molecule has 8 heavy (non-hydrogen) atoms. The topological polar surface area (TPSA) is 34.1 Å². The van der Waals surface area contributed by atoms with Crippen LogP contribution in [0.25, 0.3) is 0 Å². The quantitative estimate of drug-likeness (QED) is 0.440. The highest BCUT2D eigenvalue weighted by Gasteiger charge is 1.84. The Morgan fingerprint density at radius 1 is 1.00 bits per heavy atom. The van der Waals surface area contributed by atoms with Crippen molar-refractivity contribution in [2.75, 3.05) is 0 Å². The summed E-state index contributed by atoms with van der Waals surface area (Å²) in [5.41, 5.74) is 0. The monoisotopic (exact) mass is 148 g/mol. The lowest BCUT2D eigenvalue weighted by atomic mass is 10.5. The van der Waals surface area contributed by atoms with Gasteiger partial charge in [0, 0.05) is 0 Å². The van der Waals surface area contributed by atoms with Crippen molar-refractivity contribution >= 4 is 35.5 Å². The third-order valence-corrected chi connectivity index (χ3v) is 0.667. The first-order chi connectivity index (χ1) is 3.63. The molecule has 0 saturated carbocycles. The molecule has 0 saturated heterocycles. The van der Waals surface area contributed by atoms with Crippen molar-refractivity contribution < 1.29 is 9.59 Å². The first-order valence-corrected chi connectivity index (χ1v) is 2.66. The van der Waals surface area contributed by atoms with Crippen molar-refractivity contribution in [2.45, 2.75) is 0 Å². The minimum atomic E-state index is -0.451. The number of carbonyl (C=O) groups is 2. The molecule has 0 heterocycles. The molecule has 2 nitrogen and oxygen atoms in total. The van der Waals surface area contributed by atoms with E-state index in [1.807, 2.05) is 0 Å². The highest BCUT2D eigenvalue weighted by Crippen LogP contribution is 1.84. The SMILES string of the molecule is O=C(S)/C=C\C(=O)S. The van der Waals surface area contributed by atoms with Crippen molar-refractivity contribution in [3.63, 3.8) is 0 Å². The van der Waals surface area contributed by atoms with E-state index in [9.17, 15) is 9.59 Å². The van der Waals surface area contributed by atoms with Crippen molar-refractivity contribution in [2.24, 2.45) is 0 Å². The smallest absolute Gasteiger partial charge is 0.209 e. The summed E-state index contributed by atoms with van der Waals surface area (Å²) in [5.74, 6) is 0. The Morgan fingerprint density at radius 2 is 1.25 bits per heavy atom. The first kappa shape index (κ1) is 7.78. The summed E-state index contributed by atoms with van der Waals surface area (Å²) in [4.78, 5) is 19.9.